The van der Waals surface area contributed by atoms with Crippen LogP contribution in [-0.4, -0.2) is 50.4 Å². The van der Waals surface area contributed by atoms with Crippen LogP contribution in [0.15, 0.2) is 9.36 Å². The van der Waals surface area contributed by atoms with E-state index in [1.165, 1.54) is 12.5 Å². The molecule has 0 N–H and O–H groups in total. The van der Waals surface area contributed by atoms with Crippen molar-refractivity contribution in [2.45, 2.75) is 16.6 Å². The second kappa shape index (κ2) is 5.94. The smallest absolute Gasteiger partial charge is 0.301 e. The number of aliphatic imine (C=N–C) groups is 1. The molecule has 1 rings (SSSR count). The third-order valence-corrected chi connectivity index (χ3v) is 3.22. The van der Waals surface area contributed by atoms with Crippen LogP contribution in [0.1, 0.15) is 12.8 Å². The van der Waals surface area contributed by atoms with Gasteiger partial charge in [-0.2, -0.15) is 9.36 Å². The van der Waals surface area contributed by atoms with Gasteiger partial charge in [-0.05, 0) is 12.8 Å². The minimum Gasteiger partial charge on any atom is -0.340 e. The Hall–Kier alpha value is -0.0400. The molecule has 0 aromatic heterocycles. The highest BCUT2D eigenvalue weighted by Crippen LogP contribution is 2.27. The number of halogens is 3. The van der Waals surface area contributed by atoms with Gasteiger partial charge in [-0.1, -0.05) is 34.8 Å². The van der Waals surface area contributed by atoms with Crippen molar-refractivity contribution in [2.75, 3.05) is 25.6 Å². The summed E-state index contributed by atoms with van der Waals surface area (Å²) in [6, 6.07) is 0. The standard InChI is InChI=1S/C9H14Cl3N3O2S/c1-18(2,17)14-8(15-5-3-4-6-15)13-7(16)9(10,11)12/h3-6H2,1-2H3. The van der Waals surface area contributed by atoms with E-state index in [9.17, 15) is 9.00 Å². The molecule has 0 aromatic carbocycles. The van der Waals surface area contributed by atoms with E-state index in [0.717, 1.165) is 12.8 Å². The van der Waals surface area contributed by atoms with Crippen molar-refractivity contribution < 1.29 is 9.00 Å². The van der Waals surface area contributed by atoms with E-state index in [1.807, 2.05) is 0 Å². The van der Waals surface area contributed by atoms with Crippen molar-refractivity contribution in [2.24, 2.45) is 9.36 Å². The highest BCUT2D eigenvalue weighted by atomic mass is 35.6. The molecule has 1 saturated heterocycles. The molecule has 1 amide bonds. The molecule has 5 nitrogen and oxygen atoms in total. The molecule has 1 heterocycles. The number of alkyl halides is 3. The quantitative estimate of drug-likeness (QED) is 0.387. The van der Waals surface area contributed by atoms with Gasteiger partial charge in [-0.15, -0.1) is 0 Å². The first-order valence-corrected chi connectivity index (χ1v) is 8.68. The van der Waals surface area contributed by atoms with E-state index in [1.54, 1.807) is 4.90 Å². The third-order valence-electron chi connectivity index (χ3n) is 2.13. The van der Waals surface area contributed by atoms with E-state index in [4.69, 9.17) is 34.8 Å². The van der Waals surface area contributed by atoms with Gasteiger partial charge in [0, 0.05) is 35.3 Å². The number of carbonyl (C=O) groups excluding carboxylic acids is 1. The number of nitrogens with zero attached hydrogens (tertiary/aromatic N) is 3. The van der Waals surface area contributed by atoms with E-state index in [-0.39, 0.29) is 5.96 Å². The van der Waals surface area contributed by atoms with E-state index in [0.29, 0.717) is 13.1 Å². The highest BCUT2D eigenvalue weighted by molar-refractivity contribution is 7.92. The zero-order valence-electron chi connectivity index (χ0n) is 10.0. The number of guanidine groups is 1. The van der Waals surface area contributed by atoms with E-state index in [2.05, 4.69) is 9.36 Å². The predicted molar refractivity (Wildman–Crippen MR) is 76.0 cm³/mol. The number of likely N-dealkylation sites (tertiary alicyclic amines) is 1. The summed E-state index contributed by atoms with van der Waals surface area (Å²) in [5.74, 6) is -0.847. The second-order valence-electron chi connectivity index (χ2n) is 4.18. The monoisotopic (exact) mass is 333 g/mol. The zero-order valence-corrected chi connectivity index (χ0v) is 13.1. The van der Waals surface area contributed by atoms with Crippen LogP contribution in [0.3, 0.4) is 0 Å². The van der Waals surface area contributed by atoms with Crippen LogP contribution in [0.4, 0.5) is 0 Å². The maximum absolute atomic E-state index is 11.7. The summed E-state index contributed by atoms with van der Waals surface area (Å²) < 4.78 is 13.5. The number of carbonyl (C=O) groups is 1. The summed E-state index contributed by atoms with van der Waals surface area (Å²) >= 11 is 16.3. The second-order valence-corrected chi connectivity index (χ2v) is 9.01. The summed E-state index contributed by atoms with van der Waals surface area (Å²) in [5.41, 5.74) is 0. The third kappa shape index (κ3) is 5.30. The molecule has 0 aliphatic carbocycles. The average molecular weight is 335 g/mol. The van der Waals surface area contributed by atoms with Gasteiger partial charge in [0.2, 0.25) is 5.96 Å². The molecule has 1 aliphatic heterocycles. The largest absolute Gasteiger partial charge is 0.340 e. The predicted octanol–water partition coefficient (Wildman–Crippen LogP) is 2.06. The lowest BCUT2D eigenvalue weighted by molar-refractivity contribution is -0.117. The first-order valence-electron chi connectivity index (χ1n) is 5.21. The Morgan fingerprint density at radius 2 is 1.72 bits per heavy atom. The molecule has 0 aromatic rings. The molecule has 104 valence electrons. The molecule has 0 unspecified atom stereocenters. The van der Waals surface area contributed by atoms with Crippen molar-refractivity contribution in [3.63, 3.8) is 0 Å². The van der Waals surface area contributed by atoms with Gasteiger partial charge in [0.1, 0.15) is 0 Å². The number of amides is 1. The Labute approximate surface area is 122 Å². The fourth-order valence-electron chi connectivity index (χ4n) is 1.42. The lowest BCUT2D eigenvalue weighted by atomic mass is 10.4. The Balaban J connectivity index is 3.09. The lowest BCUT2D eigenvalue weighted by Crippen LogP contribution is -2.30. The van der Waals surface area contributed by atoms with Gasteiger partial charge in [-0.3, -0.25) is 4.79 Å². The molecule has 0 radical (unpaired) electrons. The van der Waals surface area contributed by atoms with Crippen molar-refractivity contribution in [3.8, 4) is 0 Å². The summed E-state index contributed by atoms with van der Waals surface area (Å²) in [7, 11) is -2.43. The number of hydrogen-bond acceptors (Lipinski definition) is 2. The average Bonchev–Trinajstić information content (AvgIpc) is 2.65. The first kappa shape index (κ1) is 16.0. The number of rotatable bonds is 0. The molecular formula is C9H14Cl3N3O2S. The summed E-state index contributed by atoms with van der Waals surface area (Å²) in [6.45, 7) is 1.40. The normalized spacial score (nSPS) is 18.1. The van der Waals surface area contributed by atoms with Crippen molar-refractivity contribution in [1.82, 2.24) is 4.90 Å². The van der Waals surface area contributed by atoms with Gasteiger partial charge in [0.25, 0.3) is 3.79 Å². The fraction of sp³-hybridized carbons (Fsp3) is 0.778. The lowest BCUT2D eigenvalue weighted by Gasteiger charge is -2.17. The molecule has 9 heteroatoms. The Morgan fingerprint density at radius 1 is 1.22 bits per heavy atom. The van der Waals surface area contributed by atoms with Gasteiger partial charge in [0.05, 0.1) is 0 Å². The first-order chi connectivity index (χ1) is 8.09. The van der Waals surface area contributed by atoms with Crippen molar-refractivity contribution >= 4 is 56.4 Å². The van der Waals surface area contributed by atoms with Crippen LogP contribution < -0.4 is 0 Å². The minimum absolute atomic E-state index is 0.0822. The molecule has 0 bridgehead atoms. The van der Waals surface area contributed by atoms with Gasteiger partial charge < -0.3 is 4.90 Å². The number of hydrogen-bond donors (Lipinski definition) is 0. The van der Waals surface area contributed by atoms with Crippen LogP contribution in [0.5, 0.6) is 0 Å². The van der Waals surface area contributed by atoms with Crippen molar-refractivity contribution in [3.05, 3.63) is 0 Å². The minimum atomic E-state index is -2.43. The SMILES string of the molecule is CS(C)(=O)=NC(=NC(=O)C(Cl)(Cl)Cl)N1CCCC1. The Bertz CT molecular complexity index is 464. The van der Waals surface area contributed by atoms with E-state index < -0.39 is 19.4 Å². The van der Waals surface area contributed by atoms with Crippen molar-refractivity contribution in [1.29, 1.82) is 0 Å². The molecular weight excluding hydrogens is 321 g/mol. The summed E-state index contributed by atoms with van der Waals surface area (Å²) in [4.78, 5) is 17.0. The van der Waals surface area contributed by atoms with Crippen LogP contribution in [0.2, 0.25) is 0 Å². The van der Waals surface area contributed by atoms with Gasteiger partial charge in [-0.25, -0.2) is 4.21 Å². The van der Waals surface area contributed by atoms with Gasteiger partial charge >= 0.3 is 5.91 Å². The summed E-state index contributed by atoms with van der Waals surface area (Å²) in [6.07, 6.45) is 4.84. The Morgan fingerprint density at radius 3 is 2.11 bits per heavy atom. The van der Waals surface area contributed by atoms with Crippen LogP contribution in [0, 0.1) is 0 Å². The van der Waals surface area contributed by atoms with E-state index >= 15 is 0 Å². The molecule has 0 atom stereocenters. The molecule has 1 aliphatic rings. The van der Waals surface area contributed by atoms with Gasteiger partial charge in [0.15, 0.2) is 0 Å². The van der Waals surface area contributed by atoms with Crippen LogP contribution in [-0.2, 0) is 14.5 Å². The Kier molecular flexibility index (Phi) is 5.29. The topological polar surface area (TPSA) is 62.1 Å². The molecule has 18 heavy (non-hydrogen) atoms. The molecule has 1 fully saturated rings. The fourth-order valence-corrected chi connectivity index (χ4v) is 2.09. The summed E-state index contributed by atoms with van der Waals surface area (Å²) in [5, 5.41) is 0. The molecule has 0 spiro atoms. The molecule has 0 saturated carbocycles. The highest BCUT2D eigenvalue weighted by Gasteiger charge is 2.32. The maximum Gasteiger partial charge on any atom is 0.301 e. The van der Waals surface area contributed by atoms with Crippen LogP contribution >= 0.6 is 34.8 Å². The maximum atomic E-state index is 11.7. The van der Waals surface area contributed by atoms with Crippen LogP contribution in [0.25, 0.3) is 0 Å². The zero-order chi connectivity index (χ0) is 14.0.